The predicted octanol–water partition coefficient (Wildman–Crippen LogP) is 0.743. The van der Waals surface area contributed by atoms with Crippen LogP contribution in [0.3, 0.4) is 0 Å². The number of ether oxygens (including phenoxy) is 1. The van der Waals surface area contributed by atoms with Gasteiger partial charge in [-0.2, -0.15) is 0 Å². The van der Waals surface area contributed by atoms with E-state index in [1.165, 1.54) is 4.90 Å². The second-order valence-electron chi connectivity index (χ2n) is 6.28. The Kier molecular flexibility index (Phi) is 3.67. The normalized spacial score (nSPS) is 19.3. The lowest BCUT2D eigenvalue weighted by molar-refractivity contribution is -0.134. The van der Waals surface area contributed by atoms with Crippen molar-refractivity contribution < 1.29 is 14.3 Å². The van der Waals surface area contributed by atoms with E-state index in [9.17, 15) is 9.59 Å². The fourth-order valence-electron chi connectivity index (χ4n) is 3.27. The standard InChI is InChI=1S/C17H19N5O3/c1-11-17(24)22(13-5-3-4-6-14(13)25-11)10-16(23)20-7-8-21-12(2)18-19-15(21)9-20/h3-6,11H,7-10H2,1-2H3/t11-/m1/s1. The quantitative estimate of drug-likeness (QED) is 0.805. The maximum Gasteiger partial charge on any atom is 0.268 e. The molecule has 1 aromatic heterocycles. The van der Waals surface area contributed by atoms with Crippen molar-refractivity contribution in [1.82, 2.24) is 19.7 Å². The number of aromatic nitrogens is 3. The summed E-state index contributed by atoms with van der Waals surface area (Å²) in [6, 6.07) is 7.28. The van der Waals surface area contributed by atoms with Crippen molar-refractivity contribution in [3.05, 3.63) is 35.9 Å². The van der Waals surface area contributed by atoms with E-state index in [2.05, 4.69) is 10.2 Å². The summed E-state index contributed by atoms with van der Waals surface area (Å²) in [5, 5.41) is 8.17. The first-order valence-corrected chi connectivity index (χ1v) is 8.28. The number of nitrogens with zero attached hydrogens (tertiary/aromatic N) is 5. The molecule has 0 unspecified atom stereocenters. The topological polar surface area (TPSA) is 80.6 Å². The predicted molar refractivity (Wildman–Crippen MR) is 89.1 cm³/mol. The minimum Gasteiger partial charge on any atom is -0.479 e. The highest BCUT2D eigenvalue weighted by Crippen LogP contribution is 2.33. The highest BCUT2D eigenvalue weighted by Gasteiger charge is 2.34. The van der Waals surface area contributed by atoms with E-state index in [0.717, 1.165) is 11.6 Å². The lowest BCUT2D eigenvalue weighted by Crippen LogP contribution is -2.50. The monoisotopic (exact) mass is 341 g/mol. The van der Waals surface area contributed by atoms with Crippen molar-refractivity contribution >= 4 is 17.5 Å². The number of hydrogen-bond donors (Lipinski definition) is 0. The number of hydrogen-bond acceptors (Lipinski definition) is 5. The Morgan fingerprint density at radius 2 is 2.08 bits per heavy atom. The maximum atomic E-state index is 12.8. The first-order valence-electron chi connectivity index (χ1n) is 8.28. The molecule has 2 aliphatic rings. The Hall–Kier alpha value is -2.90. The zero-order valence-corrected chi connectivity index (χ0v) is 14.2. The Bertz CT molecular complexity index is 847. The molecule has 0 fully saturated rings. The van der Waals surface area contributed by atoms with Crippen LogP contribution in [0.2, 0.25) is 0 Å². The molecule has 25 heavy (non-hydrogen) atoms. The van der Waals surface area contributed by atoms with Gasteiger partial charge in [0.2, 0.25) is 5.91 Å². The van der Waals surface area contributed by atoms with Crippen molar-refractivity contribution in [2.45, 2.75) is 33.0 Å². The summed E-state index contributed by atoms with van der Waals surface area (Å²) >= 11 is 0. The van der Waals surface area contributed by atoms with Gasteiger partial charge in [-0.15, -0.1) is 10.2 Å². The maximum absolute atomic E-state index is 12.8. The fourth-order valence-corrected chi connectivity index (χ4v) is 3.27. The van der Waals surface area contributed by atoms with Gasteiger partial charge in [-0.05, 0) is 26.0 Å². The van der Waals surface area contributed by atoms with E-state index in [1.54, 1.807) is 17.9 Å². The van der Waals surface area contributed by atoms with Gasteiger partial charge in [0.25, 0.3) is 5.91 Å². The molecule has 4 rings (SSSR count). The van der Waals surface area contributed by atoms with E-state index >= 15 is 0 Å². The van der Waals surface area contributed by atoms with E-state index in [-0.39, 0.29) is 18.4 Å². The third-order valence-corrected chi connectivity index (χ3v) is 4.66. The second-order valence-corrected chi connectivity index (χ2v) is 6.28. The average molecular weight is 341 g/mol. The average Bonchev–Trinajstić information content (AvgIpc) is 2.99. The van der Waals surface area contributed by atoms with E-state index in [1.807, 2.05) is 29.7 Å². The number of carbonyl (C=O) groups is 2. The molecule has 2 amide bonds. The molecule has 0 spiro atoms. The highest BCUT2D eigenvalue weighted by molar-refractivity contribution is 6.03. The molecule has 1 atom stereocenters. The number of carbonyl (C=O) groups excluding carboxylic acids is 2. The number of rotatable bonds is 2. The molecule has 8 nitrogen and oxygen atoms in total. The summed E-state index contributed by atoms with van der Waals surface area (Å²) < 4.78 is 7.63. The zero-order chi connectivity index (χ0) is 17.6. The molecular weight excluding hydrogens is 322 g/mol. The molecule has 0 saturated carbocycles. The molecule has 1 aromatic carbocycles. The molecule has 0 N–H and O–H groups in total. The van der Waals surface area contributed by atoms with Crippen LogP contribution < -0.4 is 9.64 Å². The van der Waals surface area contributed by atoms with Crippen molar-refractivity contribution in [3.8, 4) is 5.75 Å². The van der Waals surface area contributed by atoms with Gasteiger partial charge in [-0.3, -0.25) is 14.5 Å². The largest absolute Gasteiger partial charge is 0.479 e. The first-order chi connectivity index (χ1) is 12.0. The molecular formula is C17H19N5O3. The van der Waals surface area contributed by atoms with Gasteiger partial charge in [0, 0.05) is 13.1 Å². The lowest BCUT2D eigenvalue weighted by atomic mass is 10.2. The molecule has 0 radical (unpaired) electrons. The van der Waals surface area contributed by atoms with Crippen LogP contribution in [0.1, 0.15) is 18.6 Å². The fraction of sp³-hybridized carbons (Fsp3) is 0.412. The Morgan fingerprint density at radius 3 is 2.92 bits per heavy atom. The van der Waals surface area contributed by atoms with E-state index < -0.39 is 6.10 Å². The Balaban J connectivity index is 1.54. The lowest BCUT2D eigenvalue weighted by Gasteiger charge is -2.34. The number of aryl methyl sites for hydroxylation is 1. The molecule has 8 heteroatoms. The molecule has 0 aliphatic carbocycles. The minimum absolute atomic E-state index is 0.00331. The van der Waals surface area contributed by atoms with Crippen LogP contribution in [0.25, 0.3) is 0 Å². The summed E-state index contributed by atoms with van der Waals surface area (Å²) in [6.07, 6.45) is -0.602. The molecule has 2 aromatic rings. The Labute approximate surface area is 145 Å². The van der Waals surface area contributed by atoms with Crippen LogP contribution in [0.5, 0.6) is 5.75 Å². The van der Waals surface area contributed by atoms with Gasteiger partial charge in [0.1, 0.15) is 18.1 Å². The van der Waals surface area contributed by atoms with Crippen LogP contribution in [0, 0.1) is 6.92 Å². The van der Waals surface area contributed by atoms with Gasteiger partial charge in [0.15, 0.2) is 11.9 Å². The van der Waals surface area contributed by atoms with Crippen LogP contribution in [0.15, 0.2) is 24.3 Å². The Morgan fingerprint density at radius 1 is 1.28 bits per heavy atom. The van der Waals surface area contributed by atoms with Crippen LogP contribution in [-0.4, -0.2) is 50.7 Å². The summed E-state index contributed by atoms with van der Waals surface area (Å²) in [5.74, 6) is 1.94. The highest BCUT2D eigenvalue weighted by atomic mass is 16.5. The summed E-state index contributed by atoms with van der Waals surface area (Å²) in [7, 11) is 0. The number of amides is 2. The first kappa shape index (κ1) is 15.6. The number of fused-ring (bicyclic) bond motifs is 2. The number of para-hydroxylation sites is 2. The van der Waals surface area contributed by atoms with Gasteiger partial charge in [0.05, 0.1) is 12.2 Å². The summed E-state index contributed by atoms with van der Waals surface area (Å²) in [4.78, 5) is 28.5. The molecule has 2 aliphatic heterocycles. The van der Waals surface area contributed by atoms with Crippen LogP contribution in [0.4, 0.5) is 5.69 Å². The minimum atomic E-state index is -0.602. The van der Waals surface area contributed by atoms with Gasteiger partial charge < -0.3 is 14.2 Å². The van der Waals surface area contributed by atoms with E-state index in [0.29, 0.717) is 31.1 Å². The SMILES string of the molecule is Cc1nnc2n1CCN(C(=O)CN1C(=O)[C@@H](C)Oc3ccccc31)C2. The van der Waals surface area contributed by atoms with Gasteiger partial charge in [-0.25, -0.2) is 0 Å². The smallest absolute Gasteiger partial charge is 0.268 e. The number of benzene rings is 1. The molecule has 3 heterocycles. The summed E-state index contributed by atoms with van der Waals surface area (Å²) in [5.41, 5.74) is 0.634. The summed E-state index contributed by atoms with van der Waals surface area (Å²) in [6.45, 7) is 5.26. The van der Waals surface area contributed by atoms with Crippen LogP contribution in [-0.2, 0) is 22.7 Å². The third-order valence-electron chi connectivity index (χ3n) is 4.66. The molecule has 130 valence electrons. The van der Waals surface area contributed by atoms with Gasteiger partial charge in [-0.1, -0.05) is 12.1 Å². The molecule has 0 saturated heterocycles. The van der Waals surface area contributed by atoms with Crippen molar-refractivity contribution in [3.63, 3.8) is 0 Å². The van der Waals surface area contributed by atoms with Crippen molar-refractivity contribution in [2.24, 2.45) is 0 Å². The second kappa shape index (κ2) is 5.87. The van der Waals surface area contributed by atoms with Gasteiger partial charge >= 0.3 is 0 Å². The van der Waals surface area contributed by atoms with E-state index in [4.69, 9.17) is 4.74 Å². The van der Waals surface area contributed by atoms with Crippen molar-refractivity contribution in [2.75, 3.05) is 18.0 Å². The van der Waals surface area contributed by atoms with Crippen LogP contribution >= 0.6 is 0 Å². The molecule has 0 bridgehead atoms. The van der Waals surface area contributed by atoms with Crippen molar-refractivity contribution in [1.29, 1.82) is 0 Å². The number of anilines is 1. The third kappa shape index (κ3) is 2.63. The zero-order valence-electron chi connectivity index (χ0n) is 14.2.